The minimum Gasteiger partial charge on any atom is -0.322 e. The van der Waals surface area contributed by atoms with Crippen LogP contribution in [0.3, 0.4) is 0 Å². The molecule has 0 aliphatic carbocycles. The van der Waals surface area contributed by atoms with Crippen molar-refractivity contribution in [3.05, 3.63) is 95.8 Å². The molecule has 0 spiro atoms. The van der Waals surface area contributed by atoms with Gasteiger partial charge in [-0.3, -0.25) is 14.6 Å². The van der Waals surface area contributed by atoms with E-state index in [1.807, 2.05) is 30.3 Å². The third-order valence-corrected chi connectivity index (χ3v) is 4.95. The molecule has 7 heteroatoms. The van der Waals surface area contributed by atoms with Gasteiger partial charge in [0.15, 0.2) is 0 Å². The zero-order valence-electron chi connectivity index (χ0n) is 15.2. The van der Waals surface area contributed by atoms with Crippen molar-refractivity contribution in [2.45, 2.75) is 0 Å². The highest BCUT2D eigenvalue weighted by Crippen LogP contribution is 2.24. The van der Waals surface area contributed by atoms with Crippen LogP contribution >= 0.6 is 11.3 Å². The molecule has 2 aromatic heterocycles. The van der Waals surface area contributed by atoms with Gasteiger partial charge in [0, 0.05) is 34.7 Å². The maximum absolute atomic E-state index is 12.6. The van der Waals surface area contributed by atoms with E-state index < -0.39 is 0 Å². The van der Waals surface area contributed by atoms with Crippen molar-refractivity contribution in [1.82, 2.24) is 9.97 Å². The second-order valence-corrected chi connectivity index (χ2v) is 6.99. The van der Waals surface area contributed by atoms with Crippen LogP contribution in [0, 0.1) is 0 Å². The number of rotatable bonds is 5. The molecule has 0 fully saturated rings. The van der Waals surface area contributed by atoms with Gasteiger partial charge >= 0.3 is 0 Å². The van der Waals surface area contributed by atoms with Crippen molar-refractivity contribution in [1.29, 1.82) is 0 Å². The summed E-state index contributed by atoms with van der Waals surface area (Å²) in [6.07, 6.45) is 3.10. The van der Waals surface area contributed by atoms with Crippen LogP contribution in [-0.2, 0) is 0 Å². The van der Waals surface area contributed by atoms with E-state index in [9.17, 15) is 9.59 Å². The van der Waals surface area contributed by atoms with E-state index in [0.29, 0.717) is 22.6 Å². The number of pyridine rings is 1. The molecule has 6 nitrogen and oxygen atoms in total. The minimum atomic E-state index is -0.306. The van der Waals surface area contributed by atoms with E-state index >= 15 is 0 Å². The number of nitrogens with one attached hydrogen (secondary N) is 2. The zero-order chi connectivity index (χ0) is 20.1. The Hall–Kier alpha value is -3.84. The molecule has 142 valence electrons. The van der Waals surface area contributed by atoms with Gasteiger partial charge in [-0.25, -0.2) is 4.98 Å². The molecule has 0 saturated carbocycles. The summed E-state index contributed by atoms with van der Waals surface area (Å²) in [7, 11) is 0. The Morgan fingerprint density at radius 3 is 2.31 bits per heavy atom. The van der Waals surface area contributed by atoms with Crippen molar-refractivity contribution in [2.24, 2.45) is 0 Å². The van der Waals surface area contributed by atoms with E-state index in [4.69, 9.17) is 0 Å². The monoisotopic (exact) mass is 400 g/mol. The van der Waals surface area contributed by atoms with Crippen molar-refractivity contribution in [3.8, 4) is 10.6 Å². The fraction of sp³-hybridized carbons (Fsp3) is 0. The highest BCUT2D eigenvalue weighted by Gasteiger charge is 2.13. The van der Waals surface area contributed by atoms with Gasteiger partial charge in [-0.15, -0.1) is 11.3 Å². The molecular formula is C22H16N4O2S. The van der Waals surface area contributed by atoms with E-state index in [1.54, 1.807) is 48.0 Å². The van der Waals surface area contributed by atoms with Gasteiger partial charge in [-0.1, -0.05) is 36.4 Å². The summed E-state index contributed by atoms with van der Waals surface area (Å²) >= 11 is 1.42. The number of hydrogen-bond acceptors (Lipinski definition) is 5. The highest BCUT2D eigenvalue weighted by atomic mass is 32.1. The largest absolute Gasteiger partial charge is 0.322 e. The Morgan fingerprint density at radius 2 is 1.59 bits per heavy atom. The fourth-order valence-electron chi connectivity index (χ4n) is 2.66. The molecule has 29 heavy (non-hydrogen) atoms. The molecule has 0 saturated heterocycles. The molecule has 0 radical (unpaired) electrons. The summed E-state index contributed by atoms with van der Waals surface area (Å²) in [5, 5.41) is 8.12. The summed E-state index contributed by atoms with van der Waals surface area (Å²) in [6, 6.07) is 20.0. The SMILES string of the molecule is O=C(Nc1cccc(NC(=O)c2csc(-c3ccccc3)n2)c1)c1cccnc1. The summed E-state index contributed by atoms with van der Waals surface area (Å²) in [4.78, 5) is 33.2. The minimum absolute atomic E-state index is 0.270. The molecule has 2 N–H and O–H groups in total. The Kier molecular flexibility index (Phi) is 5.40. The van der Waals surface area contributed by atoms with Gasteiger partial charge < -0.3 is 10.6 Å². The smallest absolute Gasteiger partial charge is 0.275 e. The predicted molar refractivity (Wildman–Crippen MR) is 114 cm³/mol. The molecule has 2 heterocycles. The molecule has 4 aromatic rings. The first-order valence-corrected chi connectivity index (χ1v) is 9.71. The van der Waals surface area contributed by atoms with Gasteiger partial charge in [0.25, 0.3) is 11.8 Å². The second-order valence-electron chi connectivity index (χ2n) is 6.13. The third-order valence-electron chi connectivity index (χ3n) is 4.06. The number of benzene rings is 2. The summed E-state index contributed by atoms with van der Waals surface area (Å²) in [5.41, 5.74) is 2.90. The number of thiazole rings is 1. The Labute approximate surface area is 171 Å². The summed E-state index contributed by atoms with van der Waals surface area (Å²) < 4.78 is 0. The number of carbonyl (C=O) groups is 2. The number of nitrogens with zero attached hydrogens (tertiary/aromatic N) is 2. The predicted octanol–water partition coefficient (Wildman–Crippen LogP) is 4.71. The quantitative estimate of drug-likeness (QED) is 0.508. The van der Waals surface area contributed by atoms with E-state index in [2.05, 4.69) is 20.6 Å². The molecule has 0 aliphatic rings. The molecule has 4 rings (SSSR count). The van der Waals surface area contributed by atoms with Crippen LogP contribution in [-0.4, -0.2) is 21.8 Å². The lowest BCUT2D eigenvalue weighted by Gasteiger charge is -2.08. The van der Waals surface area contributed by atoms with Crippen LogP contribution in [0.15, 0.2) is 84.5 Å². The molecule has 2 amide bonds. The van der Waals surface area contributed by atoms with Crippen LogP contribution in [0.4, 0.5) is 11.4 Å². The lowest BCUT2D eigenvalue weighted by atomic mass is 10.2. The standard InChI is InChI=1S/C22H16N4O2S/c27-20(16-8-5-11-23-13-16)24-17-9-4-10-18(12-17)25-21(28)19-14-29-22(26-19)15-6-2-1-3-7-15/h1-14H,(H,24,27)(H,25,28). The average Bonchev–Trinajstić information content (AvgIpc) is 3.26. The normalized spacial score (nSPS) is 10.3. The molecule has 0 atom stereocenters. The third kappa shape index (κ3) is 4.53. The molecule has 2 aromatic carbocycles. The number of hydrogen-bond donors (Lipinski definition) is 2. The van der Waals surface area contributed by atoms with Crippen molar-refractivity contribution >= 4 is 34.5 Å². The van der Waals surface area contributed by atoms with Crippen LogP contribution in [0.5, 0.6) is 0 Å². The zero-order valence-corrected chi connectivity index (χ0v) is 16.0. The van der Waals surface area contributed by atoms with Crippen LogP contribution in [0.25, 0.3) is 10.6 Å². The summed E-state index contributed by atoms with van der Waals surface area (Å²) in [5.74, 6) is -0.576. The highest BCUT2D eigenvalue weighted by molar-refractivity contribution is 7.13. The molecule has 0 unspecified atom stereocenters. The maximum Gasteiger partial charge on any atom is 0.275 e. The van der Waals surface area contributed by atoms with Crippen LogP contribution in [0.1, 0.15) is 20.8 Å². The van der Waals surface area contributed by atoms with Crippen LogP contribution in [0.2, 0.25) is 0 Å². The van der Waals surface area contributed by atoms with E-state index in [1.165, 1.54) is 17.5 Å². The number of anilines is 2. The lowest BCUT2D eigenvalue weighted by molar-refractivity contribution is 0.101. The van der Waals surface area contributed by atoms with Gasteiger partial charge in [-0.2, -0.15) is 0 Å². The Bertz CT molecular complexity index is 1140. The Balaban J connectivity index is 1.45. The summed E-state index contributed by atoms with van der Waals surface area (Å²) in [6.45, 7) is 0. The topological polar surface area (TPSA) is 84.0 Å². The van der Waals surface area contributed by atoms with Crippen molar-refractivity contribution < 1.29 is 9.59 Å². The Morgan fingerprint density at radius 1 is 0.828 bits per heavy atom. The number of amides is 2. The van der Waals surface area contributed by atoms with Crippen LogP contribution < -0.4 is 10.6 Å². The van der Waals surface area contributed by atoms with Crippen molar-refractivity contribution in [3.63, 3.8) is 0 Å². The first-order valence-electron chi connectivity index (χ1n) is 8.83. The van der Waals surface area contributed by atoms with Gasteiger partial charge in [0.2, 0.25) is 0 Å². The lowest BCUT2D eigenvalue weighted by Crippen LogP contribution is -2.14. The maximum atomic E-state index is 12.6. The molecule has 0 aliphatic heterocycles. The van der Waals surface area contributed by atoms with E-state index in [-0.39, 0.29) is 11.8 Å². The second kappa shape index (κ2) is 8.45. The average molecular weight is 400 g/mol. The van der Waals surface area contributed by atoms with Gasteiger partial charge in [0.1, 0.15) is 10.7 Å². The van der Waals surface area contributed by atoms with Gasteiger partial charge in [0.05, 0.1) is 5.56 Å². The number of aromatic nitrogens is 2. The molecule has 0 bridgehead atoms. The first-order chi connectivity index (χ1) is 14.2. The first kappa shape index (κ1) is 18.5. The number of carbonyl (C=O) groups excluding carboxylic acids is 2. The van der Waals surface area contributed by atoms with Crippen molar-refractivity contribution in [2.75, 3.05) is 10.6 Å². The van der Waals surface area contributed by atoms with Gasteiger partial charge in [-0.05, 0) is 30.3 Å². The molecular weight excluding hydrogens is 384 g/mol. The fourth-order valence-corrected chi connectivity index (χ4v) is 3.47. The van der Waals surface area contributed by atoms with E-state index in [0.717, 1.165) is 10.6 Å².